The van der Waals surface area contributed by atoms with Gasteiger partial charge in [-0.05, 0) is 92.9 Å². The van der Waals surface area contributed by atoms with E-state index in [0.29, 0.717) is 23.4 Å². The summed E-state index contributed by atoms with van der Waals surface area (Å²) in [5.41, 5.74) is 0. The Morgan fingerprint density at radius 1 is 0.806 bits per heavy atom. The van der Waals surface area contributed by atoms with Crippen molar-refractivity contribution < 1.29 is 18.4 Å². The topological polar surface area (TPSA) is 84.5 Å². The third kappa shape index (κ3) is 5.41. The molecule has 0 bridgehead atoms. The van der Waals surface area contributed by atoms with Gasteiger partial charge in [-0.3, -0.25) is 9.59 Å². The quantitative estimate of drug-likeness (QED) is 0.678. The van der Waals surface area contributed by atoms with E-state index in [2.05, 4.69) is 24.5 Å². The molecule has 0 unspecified atom stereocenters. The van der Waals surface area contributed by atoms with Crippen molar-refractivity contribution in [1.82, 2.24) is 10.6 Å². The van der Waals surface area contributed by atoms with E-state index in [4.69, 9.17) is 8.83 Å². The molecule has 0 aromatic carbocycles. The zero-order valence-corrected chi connectivity index (χ0v) is 18.5. The summed E-state index contributed by atoms with van der Waals surface area (Å²) in [6.07, 6.45) is 11.0. The molecule has 4 rings (SSSR count). The lowest BCUT2D eigenvalue weighted by Crippen LogP contribution is -2.44. The third-order valence-corrected chi connectivity index (χ3v) is 7.35. The highest BCUT2D eigenvalue weighted by Crippen LogP contribution is 2.39. The van der Waals surface area contributed by atoms with Crippen LogP contribution in [0.1, 0.15) is 79.9 Å². The fourth-order valence-electron chi connectivity index (χ4n) is 5.64. The second-order valence-corrected chi connectivity index (χ2v) is 9.66. The molecule has 6 nitrogen and oxygen atoms in total. The van der Waals surface area contributed by atoms with Crippen LogP contribution in [0.5, 0.6) is 0 Å². The zero-order chi connectivity index (χ0) is 21.8. The number of carbonyl (C=O) groups is 2. The van der Waals surface area contributed by atoms with E-state index in [-0.39, 0.29) is 23.9 Å². The molecule has 2 aliphatic rings. The smallest absolute Gasteiger partial charge is 0.287 e. The molecule has 6 heteroatoms. The van der Waals surface area contributed by atoms with E-state index in [1.54, 1.807) is 24.3 Å². The summed E-state index contributed by atoms with van der Waals surface area (Å²) in [5.74, 6) is 2.95. The SMILES string of the molecule is C[C@@H]1C[C@H](C[C@H]2CC[C@H](NC(=O)c3ccco3)[C@@H](C)C2)CC[C@@H]1NC(=O)c1ccco1. The lowest BCUT2D eigenvalue weighted by atomic mass is 9.70. The number of furan rings is 2. The molecule has 6 atom stereocenters. The van der Waals surface area contributed by atoms with Crippen LogP contribution < -0.4 is 10.6 Å². The number of hydrogen-bond acceptors (Lipinski definition) is 4. The summed E-state index contributed by atoms with van der Waals surface area (Å²) in [7, 11) is 0. The van der Waals surface area contributed by atoms with Gasteiger partial charge < -0.3 is 19.5 Å². The molecule has 2 aromatic rings. The highest BCUT2D eigenvalue weighted by Gasteiger charge is 2.34. The van der Waals surface area contributed by atoms with E-state index < -0.39 is 0 Å². The van der Waals surface area contributed by atoms with Gasteiger partial charge in [-0.25, -0.2) is 0 Å². The Bertz CT molecular complexity index is 775. The maximum absolute atomic E-state index is 12.3. The molecule has 2 saturated carbocycles. The molecule has 2 aliphatic carbocycles. The predicted octanol–water partition coefficient (Wildman–Crippen LogP) is 5.03. The lowest BCUT2D eigenvalue weighted by Gasteiger charge is -2.39. The van der Waals surface area contributed by atoms with E-state index in [1.807, 2.05) is 0 Å². The van der Waals surface area contributed by atoms with Crippen molar-refractivity contribution in [3.05, 3.63) is 48.3 Å². The molecule has 2 amide bonds. The van der Waals surface area contributed by atoms with Gasteiger partial charge in [0.25, 0.3) is 11.8 Å². The minimum absolute atomic E-state index is 0.107. The summed E-state index contributed by atoms with van der Waals surface area (Å²) in [6.45, 7) is 4.51. The molecule has 31 heavy (non-hydrogen) atoms. The maximum Gasteiger partial charge on any atom is 0.287 e. The van der Waals surface area contributed by atoms with Gasteiger partial charge in [0.1, 0.15) is 0 Å². The second kappa shape index (κ2) is 9.75. The Morgan fingerprint density at radius 3 is 1.61 bits per heavy atom. The van der Waals surface area contributed by atoms with Crippen LogP contribution in [0.2, 0.25) is 0 Å². The normalized spacial score (nSPS) is 31.2. The van der Waals surface area contributed by atoms with E-state index in [1.165, 1.54) is 18.9 Å². The van der Waals surface area contributed by atoms with E-state index in [9.17, 15) is 9.59 Å². The van der Waals surface area contributed by atoms with Gasteiger partial charge in [0.05, 0.1) is 12.5 Å². The van der Waals surface area contributed by atoms with Crippen LogP contribution in [0.25, 0.3) is 0 Å². The number of rotatable bonds is 6. The predicted molar refractivity (Wildman–Crippen MR) is 118 cm³/mol. The van der Waals surface area contributed by atoms with Gasteiger partial charge in [0, 0.05) is 12.1 Å². The molecule has 0 spiro atoms. The molecule has 2 aromatic heterocycles. The van der Waals surface area contributed by atoms with Crippen molar-refractivity contribution in [2.45, 2.75) is 70.9 Å². The Morgan fingerprint density at radius 2 is 1.26 bits per heavy atom. The second-order valence-electron chi connectivity index (χ2n) is 9.66. The Balaban J connectivity index is 1.21. The number of amides is 2. The van der Waals surface area contributed by atoms with Gasteiger partial charge in [-0.15, -0.1) is 0 Å². The van der Waals surface area contributed by atoms with Gasteiger partial charge >= 0.3 is 0 Å². The number of nitrogens with one attached hydrogen (secondary N) is 2. The van der Waals surface area contributed by atoms with Gasteiger partial charge in [-0.2, -0.15) is 0 Å². The van der Waals surface area contributed by atoms with Crippen LogP contribution in [0.15, 0.2) is 45.6 Å². The highest BCUT2D eigenvalue weighted by atomic mass is 16.3. The molecule has 2 fully saturated rings. The minimum Gasteiger partial charge on any atom is -0.459 e. The van der Waals surface area contributed by atoms with Crippen LogP contribution in [0, 0.1) is 23.7 Å². The number of hydrogen-bond donors (Lipinski definition) is 2. The molecule has 168 valence electrons. The van der Waals surface area contributed by atoms with Gasteiger partial charge in [-0.1, -0.05) is 13.8 Å². The molecular formula is C25H34N2O4. The molecule has 2 heterocycles. The minimum atomic E-state index is -0.107. The molecule has 0 saturated heterocycles. The Hall–Kier alpha value is -2.50. The average molecular weight is 427 g/mol. The molecule has 0 radical (unpaired) electrons. The van der Waals surface area contributed by atoms with Crippen molar-refractivity contribution in [3.63, 3.8) is 0 Å². The molecular weight excluding hydrogens is 392 g/mol. The first-order chi connectivity index (χ1) is 15.0. The van der Waals surface area contributed by atoms with Crippen LogP contribution in [0.3, 0.4) is 0 Å². The zero-order valence-electron chi connectivity index (χ0n) is 18.5. The summed E-state index contributed by atoms with van der Waals surface area (Å²) >= 11 is 0. The van der Waals surface area contributed by atoms with Crippen molar-refractivity contribution in [2.24, 2.45) is 23.7 Å². The first-order valence-electron chi connectivity index (χ1n) is 11.7. The van der Waals surface area contributed by atoms with Gasteiger partial charge in [0.2, 0.25) is 0 Å². The Labute approximate surface area is 184 Å². The maximum atomic E-state index is 12.3. The van der Waals surface area contributed by atoms with Crippen LogP contribution in [0.4, 0.5) is 0 Å². The Kier molecular flexibility index (Phi) is 6.83. The van der Waals surface area contributed by atoms with Gasteiger partial charge in [0.15, 0.2) is 11.5 Å². The third-order valence-electron chi connectivity index (χ3n) is 7.35. The first kappa shape index (κ1) is 21.7. The fraction of sp³-hybridized carbons (Fsp3) is 0.600. The first-order valence-corrected chi connectivity index (χ1v) is 11.7. The van der Waals surface area contributed by atoms with Crippen molar-refractivity contribution in [2.75, 3.05) is 0 Å². The molecule has 0 aliphatic heterocycles. The van der Waals surface area contributed by atoms with Crippen molar-refractivity contribution in [3.8, 4) is 0 Å². The largest absolute Gasteiger partial charge is 0.459 e. The van der Waals surface area contributed by atoms with Crippen LogP contribution >= 0.6 is 0 Å². The summed E-state index contributed by atoms with van der Waals surface area (Å²) in [5, 5.41) is 6.31. The lowest BCUT2D eigenvalue weighted by molar-refractivity contribution is 0.0841. The standard InChI is InChI=1S/C25H34N2O4/c1-16-13-18(7-9-20(16)26-24(28)22-5-3-11-30-22)15-19-8-10-21(17(2)14-19)27-25(29)23-6-4-12-31-23/h3-6,11-12,16-21H,7-10,13-15H2,1-2H3,(H,26,28)(H,27,29)/t16-,17+,18-,19+,20-,21-/m0/s1. The van der Waals surface area contributed by atoms with E-state index in [0.717, 1.165) is 50.4 Å². The summed E-state index contributed by atoms with van der Waals surface area (Å²) < 4.78 is 10.4. The fourth-order valence-corrected chi connectivity index (χ4v) is 5.64. The number of carbonyl (C=O) groups excluding carboxylic acids is 2. The van der Waals surface area contributed by atoms with Crippen molar-refractivity contribution >= 4 is 11.8 Å². The molecule has 2 N–H and O–H groups in total. The monoisotopic (exact) mass is 426 g/mol. The van der Waals surface area contributed by atoms with E-state index >= 15 is 0 Å². The van der Waals surface area contributed by atoms with Crippen LogP contribution in [-0.4, -0.2) is 23.9 Å². The highest BCUT2D eigenvalue weighted by molar-refractivity contribution is 5.92. The summed E-state index contributed by atoms with van der Waals surface area (Å²) in [4.78, 5) is 24.6. The summed E-state index contributed by atoms with van der Waals surface area (Å²) in [6, 6.07) is 7.35. The van der Waals surface area contributed by atoms with Crippen LogP contribution in [-0.2, 0) is 0 Å². The average Bonchev–Trinajstić information content (AvgIpc) is 3.46. The van der Waals surface area contributed by atoms with Crippen molar-refractivity contribution in [1.29, 1.82) is 0 Å².